The molecule has 4 rings (SSSR count). The minimum Gasteiger partial charge on any atom is -0.309 e. The van der Waals surface area contributed by atoms with Crippen LogP contribution in [0.4, 0.5) is 23.4 Å². The molecule has 0 radical (unpaired) electrons. The van der Waals surface area contributed by atoms with Gasteiger partial charge in [-0.05, 0) is 24.3 Å². The van der Waals surface area contributed by atoms with E-state index in [9.17, 15) is 35.6 Å². The van der Waals surface area contributed by atoms with Crippen LogP contribution in [0.5, 0.6) is 0 Å². The molecule has 0 aliphatic carbocycles. The highest BCUT2D eigenvalue weighted by Gasteiger charge is 2.33. The topological polar surface area (TPSA) is 172 Å². The number of amides is 1. The van der Waals surface area contributed by atoms with Crippen LogP contribution in [0.1, 0.15) is 11.4 Å². The van der Waals surface area contributed by atoms with Crippen molar-refractivity contribution in [1.29, 1.82) is 5.26 Å². The molecule has 17 heteroatoms. The van der Waals surface area contributed by atoms with Crippen molar-refractivity contribution in [2.75, 3.05) is 11.6 Å². The molecule has 0 fully saturated rings. The summed E-state index contributed by atoms with van der Waals surface area (Å²) in [5.74, 6) is -1.31. The fourth-order valence-electron chi connectivity index (χ4n) is 2.89. The number of carbonyl (C=O) groups is 1. The Labute approximate surface area is 198 Å². The lowest BCUT2D eigenvalue weighted by atomic mass is 10.2. The molecule has 0 aromatic carbocycles. The second kappa shape index (κ2) is 9.67. The normalized spacial score (nSPS) is 11.6. The zero-order valence-electron chi connectivity index (χ0n) is 17.9. The van der Waals surface area contributed by atoms with Gasteiger partial charge in [0, 0.05) is 6.07 Å². The van der Waals surface area contributed by atoms with Crippen LogP contribution in [0.15, 0.2) is 41.3 Å². The second-order valence-corrected chi connectivity index (χ2v) is 8.48. The molecule has 12 nitrogen and oxygen atoms in total. The van der Waals surface area contributed by atoms with Gasteiger partial charge in [-0.3, -0.25) is 18.7 Å². The van der Waals surface area contributed by atoms with Crippen molar-refractivity contribution in [1.82, 2.24) is 24.1 Å². The maximum Gasteiger partial charge on any atom is 0.433 e. The van der Waals surface area contributed by atoms with Gasteiger partial charge in [0.1, 0.15) is 35.6 Å². The van der Waals surface area contributed by atoms with E-state index in [0.717, 1.165) is 33.5 Å². The van der Waals surface area contributed by atoms with Gasteiger partial charge in [-0.25, -0.2) is 14.4 Å². The quantitative estimate of drug-likeness (QED) is 0.296. The Hall–Kier alpha value is -4.43. The average molecular weight is 527 g/mol. The fraction of sp³-hybridized carbons (Fsp3) is 0.158. The number of halogens is 4. The summed E-state index contributed by atoms with van der Waals surface area (Å²) >= 11 is 0. The second-order valence-electron chi connectivity index (χ2n) is 7.01. The summed E-state index contributed by atoms with van der Waals surface area (Å²) in [5.41, 5.74) is -2.76. The van der Waals surface area contributed by atoms with E-state index in [1.54, 1.807) is 6.07 Å². The predicted molar refractivity (Wildman–Crippen MR) is 115 cm³/mol. The van der Waals surface area contributed by atoms with E-state index in [1.165, 1.54) is 6.07 Å². The summed E-state index contributed by atoms with van der Waals surface area (Å²) in [6.07, 6.45) is -3.16. The monoisotopic (exact) mass is 527 g/mol. The molecule has 0 bridgehead atoms. The van der Waals surface area contributed by atoms with Gasteiger partial charge < -0.3 is 5.32 Å². The number of hydrogen-bond donors (Lipinski definition) is 2. The first kappa shape index (κ1) is 26.2. The van der Waals surface area contributed by atoms with Crippen molar-refractivity contribution in [3.8, 4) is 6.07 Å². The van der Waals surface area contributed by atoms with Gasteiger partial charge in [0.2, 0.25) is 5.91 Å². The van der Waals surface area contributed by atoms with E-state index in [4.69, 9.17) is 9.81 Å². The van der Waals surface area contributed by atoms with Crippen LogP contribution in [0.25, 0.3) is 16.7 Å². The third-order valence-electron chi connectivity index (χ3n) is 4.22. The first-order chi connectivity index (χ1) is 16.7. The zero-order chi connectivity index (χ0) is 26.8. The molecular weight excluding hydrogens is 514 g/mol. The average Bonchev–Trinajstić information content (AvgIpc) is 3.21. The fourth-order valence-corrected chi connectivity index (χ4v) is 2.89. The van der Waals surface area contributed by atoms with Gasteiger partial charge in [-0.2, -0.15) is 36.5 Å². The Balaban J connectivity index is 0.000000658. The van der Waals surface area contributed by atoms with Crippen LogP contribution >= 0.6 is 0 Å². The molecule has 2 N–H and O–H groups in total. The van der Waals surface area contributed by atoms with E-state index in [-0.39, 0.29) is 22.5 Å². The summed E-state index contributed by atoms with van der Waals surface area (Å²) < 4.78 is 79.8. The molecule has 0 aliphatic rings. The van der Waals surface area contributed by atoms with Crippen molar-refractivity contribution in [3.05, 3.63) is 64.1 Å². The Morgan fingerprint density at radius 2 is 1.92 bits per heavy atom. The lowest BCUT2D eigenvalue weighted by Crippen LogP contribution is -2.30. The minimum absolute atomic E-state index is 0.0268. The van der Waals surface area contributed by atoms with Crippen molar-refractivity contribution in [2.24, 2.45) is 0 Å². The summed E-state index contributed by atoms with van der Waals surface area (Å²) in [6.45, 7) is -0.574. The van der Waals surface area contributed by atoms with E-state index < -0.39 is 51.5 Å². The van der Waals surface area contributed by atoms with E-state index in [2.05, 4.69) is 20.4 Å². The molecule has 1 amide bonds. The number of fused-ring (bicyclic) bond motifs is 3. The summed E-state index contributed by atoms with van der Waals surface area (Å²) in [4.78, 5) is 32.5. The number of pyridine rings is 2. The number of nitrogens with zero attached hydrogens (tertiary/aromatic N) is 6. The highest BCUT2D eigenvalue weighted by Crippen LogP contribution is 2.28. The molecule has 4 aromatic rings. The smallest absolute Gasteiger partial charge is 0.309 e. The third-order valence-corrected chi connectivity index (χ3v) is 4.22. The van der Waals surface area contributed by atoms with Gasteiger partial charge in [0.15, 0.2) is 11.3 Å². The van der Waals surface area contributed by atoms with Gasteiger partial charge in [-0.15, -0.1) is 0 Å². The molecule has 4 aromatic heterocycles. The van der Waals surface area contributed by atoms with Crippen LogP contribution in [0.3, 0.4) is 0 Å². The molecule has 188 valence electrons. The van der Waals surface area contributed by atoms with Crippen LogP contribution in [0.2, 0.25) is 0 Å². The number of rotatable bonds is 3. The summed E-state index contributed by atoms with van der Waals surface area (Å²) in [7, 11) is -3.67. The molecule has 0 atom stereocenters. The van der Waals surface area contributed by atoms with Crippen molar-refractivity contribution in [2.45, 2.75) is 12.7 Å². The highest BCUT2D eigenvalue weighted by atomic mass is 32.2. The third kappa shape index (κ3) is 6.17. The Morgan fingerprint density at radius 1 is 1.25 bits per heavy atom. The first-order valence-corrected chi connectivity index (χ1v) is 11.3. The lowest BCUT2D eigenvalue weighted by Gasteiger charge is -2.12. The number of nitrogens with one attached hydrogen (secondary N) is 1. The van der Waals surface area contributed by atoms with Gasteiger partial charge in [0.25, 0.3) is 15.7 Å². The van der Waals surface area contributed by atoms with Crippen molar-refractivity contribution >= 4 is 38.5 Å². The Kier molecular flexibility index (Phi) is 7.03. The number of nitriles is 1. The maximum absolute atomic E-state index is 13.1. The van der Waals surface area contributed by atoms with Gasteiger partial charge in [0.05, 0.1) is 17.8 Å². The number of anilines is 1. The number of hydrogen-bond acceptors (Lipinski definition) is 8. The lowest BCUT2D eigenvalue weighted by molar-refractivity contribution is -0.141. The van der Waals surface area contributed by atoms with Crippen LogP contribution in [-0.4, -0.2) is 49.3 Å². The standard InChI is InChI=1S/C18H9F4N7O2.CH4O3S/c19-9-1-4-13(24-7-9)26-14(30)8-28-15-5-10(6-23)27-29(15)16-11(17(28)31)2-3-12(25-16)18(20,21)22;1-5(2,3)4/h1-5,7H,8H2,(H,24,26,30);1H3,(H,2,3,4). The van der Waals surface area contributed by atoms with E-state index in [0.29, 0.717) is 12.3 Å². The van der Waals surface area contributed by atoms with Crippen molar-refractivity contribution in [3.63, 3.8) is 0 Å². The molecule has 0 saturated carbocycles. The summed E-state index contributed by atoms with van der Waals surface area (Å²) in [6, 6.07) is 6.72. The van der Waals surface area contributed by atoms with E-state index in [1.807, 2.05) is 0 Å². The van der Waals surface area contributed by atoms with Gasteiger partial charge in [-0.1, -0.05) is 0 Å². The Morgan fingerprint density at radius 3 is 2.47 bits per heavy atom. The molecule has 0 saturated heterocycles. The van der Waals surface area contributed by atoms with E-state index >= 15 is 0 Å². The molecule has 0 spiro atoms. The number of alkyl halides is 3. The molecule has 0 aliphatic heterocycles. The molecule has 0 unspecified atom stereocenters. The number of aromatic nitrogens is 5. The van der Waals surface area contributed by atoms with Crippen LogP contribution in [0, 0.1) is 17.1 Å². The summed E-state index contributed by atoms with van der Waals surface area (Å²) in [5, 5.41) is 15.1. The zero-order valence-corrected chi connectivity index (χ0v) is 18.7. The van der Waals surface area contributed by atoms with Gasteiger partial charge >= 0.3 is 6.18 Å². The highest BCUT2D eigenvalue weighted by molar-refractivity contribution is 7.85. The SMILES string of the molecule is CS(=O)(=O)O.N#Cc1cc2n(CC(=O)Nc3ccc(F)cn3)c(=O)c3ccc(C(F)(F)F)nc3n2n1. The predicted octanol–water partition coefficient (Wildman–Crippen LogP) is 1.61. The minimum atomic E-state index is -4.76. The van der Waals surface area contributed by atoms with Crippen LogP contribution < -0.4 is 10.9 Å². The molecule has 4 heterocycles. The Bertz CT molecular complexity index is 1670. The maximum atomic E-state index is 13.1. The van der Waals surface area contributed by atoms with Crippen molar-refractivity contribution < 1.29 is 35.3 Å². The molecule has 36 heavy (non-hydrogen) atoms. The largest absolute Gasteiger partial charge is 0.433 e. The number of carbonyl (C=O) groups excluding carboxylic acids is 1. The first-order valence-electron chi connectivity index (χ1n) is 9.42. The molecular formula is C19H13F4N7O5S. The van der Waals surface area contributed by atoms with Crippen LogP contribution in [-0.2, 0) is 27.6 Å².